The molecule has 1 fully saturated rings. The van der Waals surface area contributed by atoms with Crippen LogP contribution in [0.1, 0.15) is 24.1 Å². The molecule has 2 nitrogen and oxygen atoms in total. The summed E-state index contributed by atoms with van der Waals surface area (Å²) in [6.07, 6.45) is 3.76. The van der Waals surface area contributed by atoms with Crippen molar-refractivity contribution >= 4 is 22.7 Å². The minimum absolute atomic E-state index is 0.276. The first-order chi connectivity index (χ1) is 9.31. The Morgan fingerprint density at radius 3 is 2.84 bits per heavy atom. The molecule has 0 saturated carbocycles. The molecule has 19 heavy (non-hydrogen) atoms. The summed E-state index contributed by atoms with van der Waals surface area (Å²) in [5.41, 5.74) is 4.70. The normalized spacial score (nSPS) is 22.8. The van der Waals surface area contributed by atoms with Gasteiger partial charge in [-0.1, -0.05) is 18.2 Å². The summed E-state index contributed by atoms with van der Waals surface area (Å²) in [7, 11) is 2.31. The van der Waals surface area contributed by atoms with Gasteiger partial charge in [-0.25, -0.2) is 0 Å². The maximum Gasteiger partial charge on any atom is 0.0628 e. The molecule has 1 aromatic heterocycles. The van der Waals surface area contributed by atoms with Gasteiger partial charge in [0.05, 0.1) is 5.54 Å². The molecule has 4 rings (SSSR count). The van der Waals surface area contributed by atoms with Crippen molar-refractivity contribution in [3.05, 3.63) is 35.5 Å². The number of rotatable bonds is 0. The summed E-state index contributed by atoms with van der Waals surface area (Å²) in [6, 6.07) is 8.80. The van der Waals surface area contributed by atoms with Crippen LogP contribution in [0.15, 0.2) is 24.3 Å². The predicted octanol–water partition coefficient (Wildman–Crippen LogP) is 3.38. The predicted molar refractivity (Wildman–Crippen MR) is 82.9 cm³/mol. The number of hydrogen-bond acceptors (Lipinski definition) is 2. The van der Waals surface area contributed by atoms with Crippen LogP contribution < -0.4 is 0 Å². The molecule has 0 amide bonds. The second-order valence-corrected chi connectivity index (χ2v) is 7.06. The van der Waals surface area contributed by atoms with Crippen LogP contribution in [0.5, 0.6) is 0 Å². The van der Waals surface area contributed by atoms with Gasteiger partial charge >= 0.3 is 0 Å². The zero-order valence-corrected chi connectivity index (χ0v) is 12.2. The van der Waals surface area contributed by atoms with E-state index < -0.39 is 0 Å². The van der Waals surface area contributed by atoms with Crippen LogP contribution in [0.25, 0.3) is 10.9 Å². The number of likely N-dealkylation sites (N-methyl/N-ethyl adjacent to an activating group) is 1. The number of nitrogens with zero attached hydrogens (tertiary/aromatic N) is 1. The van der Waals surface area contributed by atoms with Crippen molar-refractivity contribution in [3.63, 3.8) is 0 Å². The Bertz CT molecular complexity index is 610. The van der Waals surface area contributed by atoms with Gasteiger partial charge in [-0.15, -0.1) is 0 Å². The number of para-hydroxylation sites is 1. The number of aromatic nitrogens is 1. The molecule has 1 aromatic carbocycles. The van der Waals surface area contributed by atoms with Crippen LogP contribution in [0.3, 0.4) is 0 Å². The maximum absolute atomic E-state index is 3.76. The first-order valence-corrected chi connectivity index (χ1v) is 8.36. The van der Waals surface area contributed by atoms with Crippen LogP contribution in [-0.2, 0) is 12.0 Å². The first-order valence-electron chi connectivity index (χ1n) is 7.20. The van der Waals surface area contributed by atoms with Gasteiger partial charge < -0.3 is 4.98 Å². The molecular weight excluding hydrogens is 252 g/mol. The van der Waals surface area contributed by atoms with E-state index in [1.165, 1.54) is 53.9 Å². The van der Waals surface area contributed by atoms with Crippen LogP contribution in [0, 0.1) is 0 Å². The molecule has 0 bridgehead atoms. The molecule has 100 valence electrons. The molecular formula is C16H20N2S. The third-order valence-corrected chi connectivity index (χ3v) is 6.01. The summed E-state index contributed by atoms with van der Waals surface area (Å²) < 4.78 is 0. The van der Waals surface area contributed by atoms with E-state index in [0.29, 0.717) is 0 Å². The van der Waals surface area contributed by atoms with Crippen molar-refractivity contribution in [2.24, 2.45) is 0 Å². The van der Waals surface area contributed by atoms with Crippen molar-refractivity contribution in [2.75, 3.05) is 25.1 Å². The quantitative estimate of drug-likeness (QED) is 0.793. The fourth-order valence-electron chi connectivity index (χ4n) is 3.88. The van der Waals surface area contributed by atoms with Gasteiger partial charge in [0.25, 0.3) is 0 Å². The smallest absolute Gasteiger partial charge is 0.0628 e. The van der Waals surface area contributed by atoms with E-state index in [-0.39, 0.29) is 5.54 Å². The second-order valence-electron chi connectivity index (χ2n) is 5.84. The Morgan fingerprint density at radius 2 is 2.00 bits per heavy atom. The highest BCUT2D eigenvalue weighted by molar-refractivity contribution is 7.99. The molecule has 1 N–H and O–H groups in total. The third kappa shape index (κ3) is 1.61. The van der Waals surface area contributed by atoms with Gasteiger partial charge in [0, 0.05) is 23.1 Å². The molecule has 0 aliphatic carbocycles. The van der Waals surface area contributed by atoms with Gasteiger partial charge in [0.2, 0.25) is 0 Å². The maximum atomic E-state index is 3.76. The lowest BCUT2D eigenvalue weighted by Gasteiger charge is -2.47. The molecule has 0 radical (unpaired) electrons. The van der Waals surface area contributed by atoms with E-state index in [1.54, 1.807) is 5.56 Å². The summed E-state index contributed by atoms with van der Waals surface area (Å²) in [5, 5.41) is 1.45. The standard InChI is InChI=1S/C16H20N2S/c1-18-9-6-13-12-4-2-3-5-14(12)17-15(13)16(18)7-10-19-11-8-16/h2-5,17H,6-11H2,1H3. The zero-order valence-electron chi connectivity index (χ0n) is 11.4. The number of hydrogen-bond donors (Lipinski definition) is 1. The van der Waals surface area contributed by atoms with E-state index in [1.807, 2.05) is 0 Å². The lowest BCUT2D eigenvalue weighted by Crippen LogP contribution is -2.50. The fraction of sp³-hybridized carbons (Fsp3) is 0.500. The van der Waals surface area contributed by atoms with Crippen molar-refractivity contribution in [3.8, 4) is 0 Å². The second kappa shape index (κ2) is 4.29. The molecule has 3 heteroatoms. The minimum atomic E-state index is 0.276. The monoisotopic (exact) mass is 272 g/mol. The fourth-order valence-corrected chi connectivity index (χ4v) is 5.05. The average Bonchev–Trinajstić information content (AvgIpc) is 2.84. The molecule has 2 aliphatic heterocycles. The molecule has 3 heterocycles. The van der Waals surface area contributed by atoms with Crippen molar-refractivity contribution in [1.82, 2.24) is 9.88 Å². The van der Waals surface area contributed by atoms with Crippen molar-refractivity contribution < 1.29 is 0 Å². The Morgan fingerprint density at radius 1 is 1.21 bits per heavy atom. The number of nitrogens with one attached hydrogen (secondary N) is 1. The average molecular weight is 272 g/mol. The summed E-state index contributed by atoms with van der Waals surface area (Å²) in [6.45, 7) is 1.19. The number of benzene rings is 1. The van der Waals surface area contributed by atoms with Gasteiger partial charge in [-0.05, 0) is 49.4 Å². The molecule has 1 spiro atoms. The number of fused-ring (bicyclic) bond motifs is 4. The summed E-state index contributed by atoms with van der Waals surface area (Å²) >= 11 is 2.11. The van der Waals surface area contributed by atoms with Crippen LogP contribution in [0.2, 0.25) is 0 Å². The van der Waals surface area contributed by atoms with Gasteiger partial charge in [-0.2, -0.15) is 11.8 Å². The highest BCUT2D eigenvalue weighted by Crippen LogP contribution is 2.45. The molecule has 2 aromatic rings. The number of H-pyrrole nitrogens is 1. The van der Waals surface area contributed by atoms with Gasteiger partial charge in [0.15, 0.2) is 0 Å². The minimum Gasteiger partial charge on any atom is -0.357 e. The van der Waals surface area contributed by atoms with Gasteiger partial charge in [-0.3, -0.25) is 4.90 Å². The largest absolute Gasteiger partial charge is 0.357 e. The Balaban J connectivity index is 1.95. The highest BCUT2D eigenvalue weighted by atomic mass is 32.2. The van der Waals surface area contributed by atoms with Crippen molar-refractivity contribution in [2.45, 2.75) is 24.8 Å². The van der Waals surface area contributed by atoms with Gasteiger partial charge in [0.1, 0.15) is 0 Å². The van der Waals surface area contributed by atoms with E-state index in [0.717, 1.165) is 0 Å². The van der Waals surface area contributed by atoms with Crippen molar-refractivity contribution in [1.29, 1.82) is 0 Å². The SMILES string of the molecule is CN1CCc2c([nH]c3ccccc23)C12CCSCC2. The lowest BCUT2D eigenvalue weighted by atomic mass is 9.80. The summed E-state index contributed by atoms with van der Waals surface area (Å²) in [4.78, 5) is 6.36. The third-order valence-electron chi connectivity index (χ3n) is 5.03. The van der Waals surface area contributed by atoms with E-state index in [2.05, 4.69) is 53.0 Å². The Hall–Kier alpha value is -0.930. The molecule has 2 aliphatic rings. The van der Waals surface area contributed by atoms with E-state index in [9.17, 15) is 0 Å². The van der Waals surface area contributed by atoms with Crippen LogP contribution in [-0.4, -0.2) is 35.0 Å². The van der Waals surface area contributed by atoms with E-state index in [4.69, 9.17) is 0 Å². The molecule has 0 atom stereocenters. The summed E-state index contributed by atoms with van der Waals surface area (Å²) in [5.74, 6) is 2.58. The molecule has 0 unspecified atom stereocenters. The zero-order chi connectivity index (χ0) is 12.9. The first kappa shape index (κ1) is 11.9. The Labute approximate surface area is 118 Å². The highest BCUT2D eigenvalue weighted by Gasteiger charge is 2.43. The molecule has 1 saturated heterocycles. The lowest BCUT2D eigenvalue weighted by molar-refractivity contribution is 0.0904. The van der Waals surface area contributed by atoms with Crippen LogP contribution >= 0.6 is 11.8 Å². The van der Waals surface area contributed by atoms with Crippen LogP contribution in [0.4, 0.5) is 0 Å². The number of aromatic amines is 1. The topological polar surface area (TPSA) is 19.0 Å². The Kier molecular flexibility index (Phi) is 2.68. The van der Waals surface area contributed by atoms with E-state index >= 15 is 0 Å². The number of thioether (sulfide) groups is 1.